The molecule has 1 rings (SSSR count). The maximum absolute atomic E-state index is 5.86. The number of nitrogens with one attached hydrogen (secondary N) is 1. The third-order valence-electron chi connectivity index (χ3n) is 3.29. The Kier molecular flexibility index (Phi) is 4.90. The van der Waals surface area contributed by atoms with E-state index >= 15 is 0 Å². The van der Waals surface area contributed by atoms with Gasteiger partial charge in [-0.2, -0.15) is 0 Å². The minimum Gasteiger partial charge on any atom is -0.375 e. The van der Waals surface area contributed by atoms with E-state index in [0.29, 0.717) is 12.2 Å². The zero-order valence-electron chi connectivity index (χ0n) is 10.0. The summed E-state index contributed by atoms with van der Waals surface area (Å²) in [6, 6.07) is 0. The Morgan fingerprint density at radius 1 is 1.36 bits per heavy atom. The molecule has 0 radical (unpaired) electrons. The summed E-state index contributed by atoms with van der Waals surface area (Å²) >= 11 is 0. The van der Waals surface area contributed by atoms with Gasteiger partial charge < -0.3 is 10.1 Å². The van der Waals surface area contributed by atoms with E-state index < -0.39 is 0 Å². The molecular formula is C12H25NO. The van der Waals surface area contributed by atoms with Crippen LogP contribution in [0.4, 0.5) is 0 Å². The Balaban J connectivity index is 2.31. The molecular weight excluding hydrogens is 174 g/mol. The lowest BCUT2D eigenvalue weighted by Gasteiger charge is -2.23. The smallest absolute Gasteiger partial charge is 0.0583 e. The summed E-state index contributed by atoms with van der Waals surface area (Å²) in [6.07, 6.45) is 4.74. The molecule has 0 saturated carbocycles. The quantitative estimate of drug-likeness (QED) is 0.734. The minimum atomic E-state index is 0.488. The molecule has 84 valence electrons. The average Bonchev–Trinajstić information content (AvgIpc) is 2.50. The van der Waals surface area contributed by atoms with E-state index in [-0.39, 0.29) is 0 Å². The predicted octanol–water partition coefficient (Wildman–Crippen LogP) is 2.44. The molecule has 14 heavy (non-hydrogen) atoms. The van der Waals surface area contributed by atoms with Crippen molar-refractivity contribution in [3.8, 4) is 0 Å². The Morgan fingerprint density at radius 2 is 2.07 bits per heavy atom. The van der Waals surface area contributed by atoms with Crippen molar-refractivity contribution in [1.29, 1.82) is 0 Å². The Morgan fingerprint density at radius 3 is 2.50 bits per heavy atom. The molecule has 1 N–H and O–H groups in total. The van der Waals surface area contributed by atoms with Crippen LogP contribution < -0.4 is 5.32 Å². The van der Waals surface area contributed by atoms with Gasteiger partial charge in [0.15, 0.2) is 0 Å². The zero-order valence-corrected chi connectivity index (χ0v) is 10.0. The van der Waals surface area contributed by atoms with Gasteiger partial charge in [0, 0.05) is 0 Å². The Bertz CT molecular complexity index is 158. The topological polar surface area (TPSA) is 21.3 Å². The van der Waals surface area contributed by atoms with Gasteiger partial charge in [-0.05, 0) is 51.6 Å². The van der Waals surface area contributed by atoms with Crippen molar-refractivity contribution in [2.45, 2.75) is 52.2 Å². The summed E-state index contributed by atoms with van der Waals surface area (Å²) < 4.78 is 5.86. The summed E-state index contributed by atoms with van der Waals surface area (Å²) in [5, 5.41) is 3.28. The SMILES string of the molecule is CNCC(CC1CCC(C)O1)C(C)C. The van der Waals surface area contributed by atoms with Gasteiger partial charge in [-0.15, -0.1) is 0 Å². The fourth-order valence-corrected chi connectivity index (χ4v) is 2.25. The van der Waals surface area contributed by atoms with Crippen LogP contribution in [0.3, 0.4) is 0 Å². The molecule has 1 aliphatic rings. The molecule has 0 aromatic carbocycles. The monoisotopic (exact) mass is 199 g/mol. The third-order valence-corrected chi connectivity index (χ3v) is 3.29. The van der Waals surface area contributed by atoms with E-state index in [9.17, 15) is 0 Å². The van der Waals surface area contributed by atoms with Gasteiger partial charge in [-0.25, -0.2) is 0 Å². The van der Waals surface area contributed by atoms with Crippen molar-refractivity contribution in [2.24, 2.45) is 11.8 Å². The van der Waals surface area contributed by atoms with E-state index in [2.05, 4.69) is 26.1 Å². The summed E-state index contributed by atoms with van der Waals surface area (Å²) in [6.45, 7) is 7.91. The molecule has 1 heterocycles. The number of hydrogen-bond acceptors (Lipinski definition) is 2. The first-order valence-electron chi connectivity index (χ1n) is 5.93. The van der Waals surface area contributed by atoms with Crippen LogP contribution in [0.15, 0.2) is 0 Å². The molecule has 1 aliphatic heterocycles. The largest absolute Gasteiger partial charge is 0.375 e. The summed E-state index contributed by atoms with van der Waals surface area (Å²) in [4.78, 5) is 0. The highest BCUT2D eigenvalue weighted by atomic mass is 16.5. The van der Waals surface area contributed by atoms with Crippen LogP contribution in [-0.2, 0) is 4.74 Å². The number of hydrogen-bond donors (Lipinski definition) is 1. The highest BCUT2D eigenvalue weighted by Crippen LogP contribution is 2.27. The fraction of sp³-hybridized carbons (Fsp3) is 1.00. The van der Waals surface area contributed by atoms with Crippen molar-refractivity contribution in [1.82, 2.24) is 5.32 Å². The van der Waals surface area contributed by atoms with E-state index in [4.69, 9.17) is 4.74 Å². The maximum Gasteiger partial charge on any atom is 0.0583 e. The Hall–Kier alpha value is -0.0800. The van der Waals surface area contributed by atoms with Crippen LogP contribution >= 0.6 is 0 Å². The molecule has 1 saturated heterocycles. The first-order chi connectivity index (χ1) is 6.63. The van der Waals surface area contributed by atoms with Gasteiger partial charge in [0.25, 0.3) is 0 Å². The normalized spacial score (nSPS) is 29.8. The van der Waals surface area contributed by atoms with Gasteiger partial charge in [-0.1, -0.05) is 13.8 Å². The maximum atomic E-state index is 5.86. The lowest BCUT2D eigenvalue weighted by molar-refractivity contribution is 0.0362. The zero-order chi connectivity index (χ0) is 10.6. The van der Waals surface area contributed by atoms with Crippen molar-refractivity contribution in [3.05, 3.63) is 0 Å². The molecule has 0 spiro atoms. The molecule has 2 heteroatoms. The second-order valence-corrected chi connectivity index (χ2v) is 4.94. The second kappa shape index (κ2) is 5.72. The molecule has 1 fully saturated rings. The van der Waals surface area contributed by atoms with Gasteiger partial charge in [0.05, 0.1) is 12.2 Å². The van der Waals surface area contributed by atoms with E-state index in [1.165, 1.54) is 19.3 Å². The van der Waals surface area contributed by atoms with Crippen LogP contribution in [0.2, 0.25) is 0 Å². The number of ether oxygens (including phenoxy) is 1. The lowest BCUT2D eigenvalue weighted by Crippen LogP contribution is -2.27. The molecule has 2 nitrogen and oxygen atoms in total. The van der Waals surface area contributed by atoms with E-state index in [0.717, 1.165) is 18.4 Å². The number of rotatable bonds is 5. The van der Waals surface area contributed by atoms with E-state index in [1.54, 1.807) is 0 Å². The standard InChI is InChI=1S/C12H25NO/c1-9(2)11(8-13-4)7-12-6-5-10(3)14-12/h9-13H,5-8H2,1-4H3. The highest BCUT2D eigenvalue weighted by molar-refractivity contribution is 4.76. The predicted molar refractivity (Wildman–Crippen MR) is 60.4 cm³/mol. The summed E-state index contributed by atoms with van der Waals surface area (Å²) in [5.74, 6) is 1.51. The molecule has 0 aliphatic carbocycles. The van der Waals surface area contributed by atoms with Crippen LogP contribution in [-0.4, -0.2) is 25.8 Å². The van der Waals surface area contributed by atoms with Crippen molar-refractivity contribution in [2.75, 3.05) is 13.6 Å². The summed E-state index contributed by atoms with van der Waals surface area (Å²) in [5.41, 5.74) is 0. The lowest BCUT2D eigenvalue weighted by atomic mass is 9.89. The average molecular weight is 199 g/mol. The first-order valence-corrected chi connectivity index (χ1v) is 5.93. The molecule has 0 aromatic heterocycles. The Labute approximate surface area is 88.4 Å². The minimum absolute atomic E-state index is 0.488. The van der Waals surface area contributed by atoms with Crippen LogP contribution in [0.1, 0.15) is 40.0 Å². The summed E-state index contributed by atoms with van der Waals surface area (Å²) in [7, 11) is 2.04. The van der Waals surface area contributed by atoms with Gasteiger partial charge in [0.1, 0.15) is 0 Å². The molecule has 0 aromatic rings. The first kappa shape index (κ1) is 12.0. The van der Waals surface area contributed by atoms with Gasteiger partial charge >= 0.3 is 0 Å². The van der Waals surface area contributed by atoms with Crippen molar-refractivity contribution < 1.29 is 4.74 Å². The van der Waals surface area contributed by atoms with E-state index in [1.807, 2.05) is 7.05 Å². The van der Waals surface area contributed by atoms with Crippen LogP contribution in [0, 0.1) is 11.8 Å². The molecule has 0 bridgehead atoms. The van der Waals surface area contributed by atoms with Crippen LogP contribution in [0.5, 0.6) is 0 Å². The molecule has 3 atom stereocenters. The third kappa shape index (κ3) is 3.58. The molecule has 3 unspecified atom stereocenters. The second-order valence-electron chi connectivity index (χ2n) is 4.94. The highest BCUT2D eigenvalue weighted by Gasteiger charge is 2.25. The van der Waals surface area contributed by atoms with Crippen LogP contribution in [0.25, 0.3) is 0 Å². The van der Waals surface area contributed by atoms with Gasteiger partial charge in [-0.3, -0.25) is 0 Å². The van der Waals surface area contributed by atoms with Gasteiger partial charge in [0.2, 0.25) is 0 Å². The molecule has 0 amide bonds. The van der Waals surface area contributed by atoms with Crippen molar-refractivity contribution in [3.63, 3.8) is 0 Å². The van der Waals surface area contributed by atoms with Crippen molar-refractivity contribution >= 4 is 0 Å². The fourth-order valence-electron chi connectivity index (χ4n) is 2.25.